The number of rotatable bonds is 4. The Morgan fingerprint density at radius 1 is 1.06 bits per heavy atom. The van der Waals surface area contributed by atoms with E-state index in [9.17, 15) is 0 Å². The summed E-state index contributed by atoms with van der Waals surface area (Å²) in [6.45, 7) is 3.04. The smallest absolute Gasteiger partial charge is 0.0807 e. The largest absolute Gasteiger partial charge is 0.370 e. The molecule has 2 N–H and O–H groups in total. The molecule has 2 fully saturated rings. The van der Waals surface area contributed by atoms with Crippen LogP contribution in [-0.2, 0) is 4.74 Å². The Balaban J connectivity index is 1.82. The highest BCUT2D eigenvalue weighted by Gasteiger charge is 2.35. The molecule has 0 bridgehead atoms. The first kappa shape index (κ1) is 13.4. The second kappa shape index (κ2) is 6.19. The standard InChI is InChI=1S/C15H29NO/c1-2-13-6-8-14(9-7-13)17-15(12-16)10-4-3-5-11-15/h13-14H,2-12,16H2,1H3. The highest BCUT2D eigenvalue weighted by molar-refractivity contribution is 4.87. The summed E-state index contributed by atoms with van der Waals surface area (Å²) in [5.74, 6) is 0.954. The lowest BCUT2D eigenvalue weighted by Gasteiger charge is -2.41. The Kier molecular flexibility index (Phi) is 4.87. The number of nitrogens with two attached hydrogens (primary N) is 1. The molecule has 17 heavy (non-hydrogen) atoms. The lowest BCUT2D eigenvalue weighted by Crippen LogP contribution is -2.45. The van der Waals surface area contributed by atoms with E-state index in [1.807, 2.05) is 0 Å². The number of ether oxygens (including phenoxy) is 1. The average molecular weight is 239 g/mol. The van der Waals surface area contributed by atoms with Crippen LogP contribution in [0.1, 0.15) is 71.1 Å². The summed E-state index contributed by atoms with van der Waals surface area (Å²) in [7, 11) is 0. The van der Waals surface area contributed by atoms with Gasteiger partial charge in [-0.15, -0.1) is 0 Å². The Bertz CT molecular complexity index is 215. The molecule has 2 rings (SSSR count). The van der Waals surface area contributed by atoms with E-state index in [0.717, 1.165) is 12.5 Å². The molecule has 2 aliphatic carbocycles. The van der Waals surface area contributed by atoms with Gasteiger partial charge in [0.05, 0.1) is 11.7 Å². The first-order valence-corrected chi connectivity index (χ1v) is 7.66. The van der Waals surface area contributed by atoms with Crippen molar-refractivity contribution < 1.29 is 4.74 Å². The van der Waals surface area contributed by atoms with Crippen LogP contribution in [0.2, 0.25) is 0 Å². The topological polar surface area (TPSA) is 35.2 Å². The van der Waals surface area contributed by atoms with Gasteiger partial charge in [0.2, 0.25) is 0 Å². The van der Waals surface area contributed by atoms with Gasteiger partial charge >= 0.3 is 0 Å². The van der Waals surface area contributed by atoms with Crippen LogP contribution >= 0.6 is 0 Å². The van der Waals surface area contributed by atoms with Gasteiger partial charge in [-0.1, -0.05) is 32.6 Å². The molecule has 0 unspecified atom stereocenters. The quantitative estimate of drug-likeness (QED) is 0.813. The first-order valence-electron chi connectivity index (χ1n) is 7.66. The first-order chi connectivity index (χ1) is 8.28. The number of hydrogen-bond donors (Lipinski definition) is 1. The molecule has 0 aromatic rings. The molecule has 0 saturated heterocycles. The molecular weight excluding hydrogens is 210 g/mol. The van der Waals surface area contributed by atoms with Crippen molar-refractivity contribution >= 4 is 0 Å². The molecule has 0 heterocycles. The van der Waals surface area contributed by atoms with E-state index in [1.54, 1.807) is 0 Å². The summed E-state index contributed by atoms with van der Waals surface area (Å²) >= 11 is 0. The average Bonchev–Trinajstić information content (AvgIpc) is 2.41. The van der Waals surface area contributed by atoms with Gasteiger partial charge in [0.1, 0.15) is 0 Å². The minimum absolute atomic E-state index is 0.0436. The molecule has 0 aromatic carbocycles. The minimum atomic E-state index is 0.0436. The predicted molar refractivity (Wildman–Crippen MR) is 72.0 cm³/mol. The molecule has 2 aliphatic rings. The van der Waals surface area contributed by atoms with Crippen LogP contribution in [-0.4, -0.2) is 18.2 Å². The Labute approximate surface area is 106 Å². The maximum Gasteiger partial charge on any atom is 0.0807 e. The molecule has 0 aromatic heterocycles. The third kappa shape index (κ3) is 3.45. The maximum absolute atomic E-state index is 6.44. The molecular formula is C15H29NO. The van der Waals surface area contributed by atoms with Gasteiger partial charge in [-0.25, -0.2) is 0 Å². The van der Waals surface area contributed by atoms with E-state index in [2.05, 4.69) is 6.92 Å². The van der Waals surface area contributed by atoms with Crippen LogP contribution in [0.4, 0.5) is 0 Å². The fourth-order valence-electron chi connectivity index (χ4n) is 3.58. The summed E-state index contributed by atoms with van der Waals surface area (Å²) in [6, 6.07) is 0. The van der Waals surface area contributed by atoms with E-state index in [-0.39, 0.29) is 5.60 Å². The van der Waals surface area contributed by atoms with Gasteiger partial charge < -0.3 is 10.5 Å². The normalized spacial score (nSPS) is 33.5. The van der Waals surface area contributed by atoms with Crippen molar-refractivity contribution in [2.75, 3.05) is 6.54 Å². The minimum Gasteiger partial charge on any atom is -0.370 e. The maximum atomic E-state index is 6.44. The van der Waals surface area contributed by atoms with Crippen molar-refractivity contribution in [2.24, 2.45) is 11.7 Å². The van der Waals surface area contributed by atoms with E-state index in [1.165, 1.54) is 64.2 Å². The van der Waals surface area contributed by atoms with Crippen molar-refractivity contribution in [3.8, 4) is 0 Å². The Morgan fingerprint density at radius 3 is 2.24 bits per heavy atom. The van der Waals surface area contributed by atoms with Crippen LogP contribution in [0.15, 0.2) is 0 Å². The molecule has 2 heteroatoms. The monoisotopic (exact) mass is 239 g/mol. The zero-order chi connectivity index (χ0) is 12.1. The third-order valence-corrected chi connectivity index (χ3v) is 4.92. The highest BCUT2D eigenvalue weighted by atomic mass is 16.5. The lowest BCUT2D eigenvalue weighted by molar-refractivity contribution is -0.121. The molecule has 2 nitrogen and oxygen atoms in total. The summed E-state index contributed by atoms with van der Waals surface area (Å²) < 4.78 is 6.44. The summed E-state index contributed by atoms with van der Waals surface area (Å²) in [5.41, 5.74) is 6.03. The molecule has 0 atom stereocenters. The summed E-state index contributed by atoms with van der Waals surface area (Å²) in [5, 5.41) is 0. The lowest BCUT2D eigenvalue weighted by atomic mass is 9.82. The van der Waals surface area contributed by atoms with Crippen LogP contribution in [0.5, 0.6) is 0 Å². The summed E-state index contributed by atoms with van der Waals surface area (Å²) in [6.07, 6.45) is 13.5. The van der Waals surface area contributed by atoms with Crippen molar-refractivity contribution in [3.63, 3.8) is 0 Å². The Hall–Kier alpha value is -0.0800. The van der Waals surface area contributed by atoms with Gasteiger partial charge in [0, 0.05) is 6.54 Å². The fraction of sp³-hybridized carbons (Fsp3) is 1.00. The third-order valence-electron chi connectivity index (χ3n) is 4.92. The molecule has 0 aliphatic heterocycles. The van der Waals surface area contributed by atoms with Gasteiger partial charge in [0.25, 0.3) is 0 Å². The van der Waals surface area contributed by atoms with Crippen molar-refractivity contribution in [2.45, 2.75) is 82.8 Å². The summed E-state index contributed by atoms with van der Waals surface area (Å²) in [4.78, 5) is 0. The van der Waals surface area contributed by atoms with Gasteiger partial charge in [-0.2, -0.15) is 0 Å². The zero-order valence-corrected chi connectivity index (χ0v) is 11.4. The predicted octanol–water partition coefficient (Wildman–Crippen LogP) is 3.63. The van der Waals surface area contributed by atoms with Gasteiger partial charge in [0.15, 0.2) is 0 Å². The van der Waals surface area contributed by atoms with Crippen LogP contribution < -0.4 is 5.73 Å². The van der Waals surface area contributed by atoms with Crippen LogP contribution in [0.3, 0.4) is 0 Å². The van der Waals surface area contributed by atoms with Crippen LogP contribution in [0, 0.1) is 5.92 Å². The Morgan fingerprint density at radius 2 is 1.71 bits per heavy atom. The molecule has 0 spiro atoms. The molecule has 0 radical (unpaired) electrons. The van der Waals surface area contributed by atoms with E-state index < -0.39 is 0 Å². The zero-order valence-electron chi connectivity index (χ0n) is 11.4. The van der Waals surface area contributed by atoms with E-state index >= 15 is 0 Å². The molecule has 100 valence electrons. The SMILES string of the molecule is CCC1CCC(OC2(CN)CCCCC2)CC1. The van der Waals surface area contributed by atoms with Crippen LogP contribution in [0.25, 0.3) is 0 Å². The second-order valence-electron chi connectivity index (χ2n) is 6.12. The molecule has 2 saturated carbocycles. The number of hydrogen-bond acceptors (Lipinski definition) is 2. The fourth-order valence-corrected chi connectivity index (χ4v) is 3.58. The van der Waals surface area contributed by atoms with Crippen molar-refractivity contribution in [1.82, 2.24) is 0 Å². The van der Waals surface area contributed by atoms with Crippen molar-refractivity contribution in [3.05, 3.63) is 0 Å². The van der Waals surface area contributed by atoms with Gasteiger partial charge in [-0.3, -0.25) is 0 Å². The molecule has 0 amide bonds. The van der Waals surface area contributed by atoms with Crippen molar-refractivity contribution in [1.29, 1.82) is 0 Å². The highest BCUT2D eigenvalue weighted by Crippen LogP contribution is 2.36. The van der Waals surface area contributed by atoms with E-state index in [4.69, 9.17) is 10.5 Å². The van der Waals surface area contributed by atoms with Gasteiger partial charge in [-0.05, 0) is 44.4 Å². The van der Waals surface area contributed by atoms with E-state index in [0.29, 0.717) is 6.10 Å². The second-order valence-corrected chi connectivity index (χ2v) is 6.12.